The number of nitrogens with two attached hydrogens (primary N) is 2. The summed E-state index contributed by atoms with van der Waals surface area (Å²) in [5.74, 6) is -1.09. The molecular weight excluding hydrogens is 362 g/mol. The second kappa shape index (κ2) is 8.89. The maximum atomic E-state index is 11.5. The van der Waals surface area contributed by atoms with Gasteiger partial charge in [0, 0.05) is 5.92 Å². The SMILES string of the molecule is C=C(c1cccc(N=C(N)N)c1)c1cccc(C(CC(=O)O)c2ccccc2)c1. The number of carboxylic acid groups (broad SMARTS) is 1. The summed E-state index contributed by atoms with van der Waals surface area (Å²) < 4.78 is 0. The largest absolute Gasteiger partial charge is 0.481 e. The Morgan fingerprint density at radius 1 is 0.897 bits per heavy atom. The lowest BCUT2D eigenvalue weighted by atomic mass is 9.86. The minimum absolute atomic E-state index is 0.00543. The van der Waals surface area contributed by atoms with Crippen LogP contribution in [-0.4, -0.2) is 17.0 Å². The molecule has 5 N–H and O–H groups in total. The second-order valence-corrected chi connectivity index (χ2v) is 6.75. The number of nitrogens with zero attached hydrogens (tertiary/aromatic N) is 1. The van der Waals surface area contributed by atoms with Crippen molar-refractivity contribution in [3.05, 3.63) is 108 Å². The zero-order valence-electron chi connectivity index (χ0n) is 16.0. The molecule has 3 rings (SSSR count). The van der Waals surface area contributed by atoms with E-state index >= 15 is 0 Å². The van der Waals surface area contributed by atoms with Crippen LogP contribution < -0.4 is 11.5 Å². The Balaban J connectivity index is 1.97. The first kappa shape index (κ1) is 19.9. The molecule has 146 valence electrons. The molecule has 0 heterocycles. The third-order valence-corrected chi connectivity index (χ3v) is 4.67. The van der Waals surface area contributed by atoms with Crippen LogP contribution in [0.5, 0.6) is 0 Å². The maximum Gasteiger partial charge on any atom is 0.304 e. The lowest BCUT2D eigenvalue weighted by Crippen LogP contribution is -2.21. The third kappa shape index (κ3) is 5.11. The van der Waals surface area contributed by atoms with E-state index < -0.39 is 5.97 Å². The summed E-state index contributed by atoms with van der Waals surface area (Å²) >= 11 is 0. The van der Waals surface area contributed by atoms with Crippen LogP contribution in [0.25, 0.3) is 5.57 Å². The van der Waals surface area contributed by atoms with Crippen molar-refractivity contribution in [2.24, 2.45) is 16.5 Å². The highest BCUT2D eigenvalue weighted by atomic mass is 16.4. The zero-order chi connectivity index (χ0) is 20.8. The molecule has 0 radical (unpaired) electrons. The monoisotopic (exact) mass is 385 g/mol. The van der Waals surface area contributed by atoms with Gasteiger partial charge in [-0.1, -0.05) is 73.3 Å². The van der Waals surface area contributed by atoms with Crippen molar-refractivity contribution >= 4 is 23.2 Å². The van der Waals surface area contributed by atoms with Crippen LogP contribution in [0, 0.1) is 0 Å². The Kier molecular flexibility index (Phi) is 6.09. The van der Waals surface area contributed by atoms with Gasteiger partial charge in [0.25, 0.3) is 0 Å². The van der Waals surface area contributed by atoms with Crippen molar-refractivity contribution in [2.45, 2.75) is 12.3 Å². The van der Waals surface area contributed by atoms with Crippen LogP contribution in [-0.2, 0) is 4.79 Å². The Labute approximate surface area is 170 Å². The first-order valence-corrected chi connectivity index (χ1v) is 9.20. The first-order valence-electron chi connectivity index (χ1n) is 9.20. The molecule has 0 amide bonds. The average molecular weight is 385 g/mol. The molecule has 5 heteroatoms. The first-order chi connectivity index (χ1) is 13.9. The maximum absolute atomic E-state index is 11.5. The molecule has 5 nitrogen and oxygen atoms in total. The highest BCUT2D eigenvalue weighted by Crippen LogP contribution is 2.31. The van der Waals surface area contributed by atoms with Crippen molar-refractivity contribution in [2.75, 3.05) is 0 Å². The van der Waals surface area contributed by atoms with E-state index in [-0.39, 0.29) is 18.3 Å². The number of guanidine groups is 1. The Morgan fingerprint density at radius 3 is 2.17 bits per heavy atom. The van der Waals surface area contributed by atoms with Gasteiger partial charge in [0.15, 0.2) is 5.96 Å². The van der Waals surface area contributed by atoms with Crippen LogP contribution in [0.4, 0.5) is 5.69 Å². The van der Waals surface area contributed by atoms with Gasteiger partial charge < -0.3 is 16.6 Å². The molecule has 29 heavy (non-hydrogen) atoms. The number of rotatable bonds is 7. The second-order valence-electron chi connectivity index (χ2n) is 6.75. The summed E-state index contributed by atoms with van der Waals surface area (Å²) in [7, 11) is 0. The topological polar surface area (TPSA) is 102 Å². The number of aliphatic carboxylic acids is 1. The van der Waals surface area contributed by atoms with E-state index in [0.29, 0.717) is 5.69 Å². The highest BCUT2D eigenvalue weighted by molar-refractivity contribution is 5.82. The van der Waals surface area contributed by atoms with E-state index in [1.807, 2.05) is 78.9 Å². The van der Waals surface area contributed by atoms with Gasteiger partial charge in [0.1, 0.15) is 0 Å². The van der Waals surface area contributed by atoms with Gasteiger partial charge in [0.2, 0.25) is 0 Å². The molecule has 0 spiro atoms. The standard InChI is InChI=1S/C24H23N3O2/c1-16(19-10-6-12-21(14-19)27-24(25)26)18-9-5-11-20(13-18)22(15-23(28)29)17-7-3-2-4-8-17/h2-14,22H,1,15H2,(H,28,29)(H4,25,26,27). The van der Waals surface area contributed by atoms with Crippen molar-refractivity contribution in [1.29, 1.82) is 0 Å². The molecule has 1 atom stereocenters. The fourth-order valence-corrected chi connectivity index (χ4v) is 3.31. The molecule has 0 aliphatic rings. The number of carboxylic acids is 1. The van der Waals surface area contributed by atoms with Crippen LogP contribution >= 0.6 is 0 Å². The van der Waals surface area contributed by atoms with Crippen LogP contribution in [0.2, 0.25) is 0 Å². The van der Waals surface area contributed by atoms with E-state index in [1.165, 1.54) is 0 Å². The summed E-state index contributed by atoms with van der Waals surface area (Å²) in [4.78, 5) is 15.6. The van der Waals surface area contributed by atoms with Crippen LogP contribution in [0.1, 0.15) is 34.6 Å². The van der Waals surface area contributed by atoms with E-state index in [0.717, 1.165) is 27.8 Å². The van der Waals surface area contributed by atoms with Crippen molar-refractivity contribution in [3.63, 3.8) is 0 Å². The number of benzene rings is 3. The normalized spacial score (nSPS) is 11.4. The van der Waals surface area contributed by atoms with Gasteiger partial charge in [0.05, 0.1) is 12.1 Å². The Morgan fingerprint density at radius 2 is 1.52 bits per heavy atom. The van der Waals surface area contributed by atoms with E-state index in [4.69, 9.17) is 11.5 Å². The molecule has 3 aromatic rings. The molecule has 0 aromatic heterocycles. The minimum atomic E-state index is -0.840. The Bertz CT molecular complexity index is 1050. The molecule has 0 aliphatic carbocycles. The molecule has 0 bridgehead atoms. The molecule has 1 unspecified atom stereocenters. The molecular formula is C24H23N3O2. The molecule has 0 saturated heterocycles. The number of hydrogen-bond donors (Lipinski definition) is 3. The smallest absolute Gasteiger partial charge is 0.304 e. The number of aliphatic imine (C=N–C) groups is 1. The predicted octanol–water partition coefficient (Wildman–Crippen LogP) is 4.26. The van der Waals surface area contributed by atoms with Crippen molar-refractivity contribution in [3.8, 4) is 0 Å². The summed E-state index contributed by atoms with van der Waals surface area (Å²) in [6, 6.07) is 25.0. The van der Waals surface area contributed by atoms with Crippen LogP contribution in [0.15, 0.2) is 90.4 Å². The summed E-state index contributed by atoms with van der Waals surface area (Å²) in [6.07, 6.45) is 0.0138. The van der Waals surface area contributed by atoms with Gasteiger partial charge in [-0.2, -0.15) is 0 Å². The predicted molar refractivity (Wildman–Crippen MR) is 117 cm³/mol. The van der Waals surface area contributed by atoms with E-state index in [2.05, 4.69) is 11.6 Å². The lowest BCUT2D eigenvalue weighted by Gasteiger charge is -2.18. The molecule has 0 fully saturated rings. The van der Waals surface area contributed by atoms with Gasteiger partial charge in [-0.15, -0.1) is 0 Å². The molecule has 0 saturated carbocycles. The number of hydrogen-bond acceptors (Lipinski definition) is 2. The quantitative estimate of drug-likeness (QED) is 0.418. The zero-order valence-corrected chi connectivity index (χ0v) is 16.0. The minimum Gasteiger partial charge on any atom is -0.481 e. The summed E-state index contributed by atoms with van der Waals surface area (Å²) in [5.41, 5.74) is 16.1. The van der Waals surface area contributed by atoms with Gasteiger partial charge in [-0.3, -0.25) is 4.79 Å². The highest BCUT2D eigenvalue weighted by Gasteiger charge is 2.18. The third-order valence-electron chi connectivity index (χ3n) is 4.67. The summed E-state index contributed by atoms with van der Waals surface area (Å²) in [5, 5.41) is 9.42. The van der Waals surface area contributed by atoms with Gasteiger partial charge in [-0.25, -0.2) is 4.99 Å². The summed E-state index contributed by atoms with van der Waals surface area (Å²) in [6.45, 7) is 4.22. The Hall–Kier alpha value is -3.86. The average Bonchev–Trinajstić information content (AvgIpc) is 2.72. The van der Waals surface area contributed by atoms with Gasteiger partial charge >= 0.3 is 5.97 Å². The fourth-order valence-electron chi connectivity index (χ4n) is 3.31. The molecule has 0 aliphatic heterocycles. The van der Waals surface area contributed by atoms with Crippen molar-refractivity contribution < 1.29 is 9.90 Å². The van der Waals surface area contributed by atoms with Crippen molar-refractivity contribution in [1.82, 2.24) is 0 Å². The lowest BCUT2D eigenvalue weighted by molar-refractivity contribution is -0.137. The van der Waals surface area contributed by atoms with E-state index in [1.54, 1.807) is 0 Å². The van der Waals surface area contributed by atoms with Gasteiger partial charge in [-0.05, 0) is 40.0 Å². The fraction of sp³-hybridized carbons (Fsp3) is 0.0833. The van der Waals surface area contributed by atoms with E-state index in [9.17, 15) is 9.90 Å². The molecule has 3 aromatic carbocycles. The number of carbonyl (C=O) groups is 1. The van der Waals surface area contributed by atoms with Crippen LogP contribution in [0.3, 0.4) is 0 Å².